The first-order valence-corrected chi connectivity index (χ1v) is 6.24. The standard InChI is InChI=1S/C12H12BrFN2O/c13-11-8(6-15)3-4-10(12(11)14)16-5-1-2-9(17)7-16/h3-4,9,17H,1-2,5,7H2. The van der Waals surface area contributed by atoms with Gasteiger partial charge < -0.3 is 10.0 Å². The third kappa shape index (κ3) is 2.43. The Morgan fingerprint density at radius 1 is 1.53 bits per heavy atom. The van der Waals surface area contributed by atoms with E-state index in [-0.39, 0.29) is 10.0 Å². The summed E-state index contributed by atoms with van der Waals surface area (Å²) < 4.78 is 14.2. The number of anilines is 1. The Kier molecular flexibility index (Phi) is 3.65. The van der Waals surface area contributed by atoms with Crippen LogP contribution < -0.4 is 4.90 Å². The van der Waals surface area contributed by atoms with Crippen LogP contribution in [0.15, 0.2) is 16.6 Å². The number of hydrogen-bond donors (Lipinski definition) is 1. The van der Waals surface area contributed by atoms with Gasteiger partial charge in [0.05, 0.1) is 21.8 Å². The fourth-order valence-corrected chi connectivity index (χ4v) is 2.47. The molecule has 1 saturated heterocycles. The van der Waals surface area contributed by atoms with Gasteiger partial charge in [-0.1, -0.05) is 0 Å². The van der Waals surface area contributed by atoms with Gasteiger partial charge in [0.25, 0.3) is 0 Å². The molecule has 90 valence electrons. The average molecular weight is 299 g/mol. The quantitative estimate of drug-likeness (QED) is 0.866. The maximum atomic E-state index is 14.0. The lowest BCUT2D eigenvalue weighted by molar-refractivity contribution is 0.154. The predicted molar refractivity (Wildman–Crippen MR) is 66.3 cm³/mol. The number of aliphatic hydroxyl groups is 1. The number of β-amino-alcohol motifs (C(OH)–C–C–N with tert-alkyl or cyclic N) is 1. The van der Waals surface area contributed by atoms with Gasteiger partial charge in [0, 0.05) is 13.1 Å². The van der Waals surface area contributed by atoms with Crippen LogP contribution in [0, 0.1) is 17.1 Å². The number of rotatable bonds is 1. The summed E-state index contributed by atoms with van der Waals surface area (Å²) in [6, 6.07) is 5.10. The Bertz CT molecular complexity index is 472. The summed E-state index contributed by atoms with van der Waals surface area (Å²) in [5, 5.41) is 18.4. The second kappa shape index (κ2) is 5.03. The maximum Gasteiger partial charge on any atom is 0.161 e. The summed E-state index contributed by atoms with van der Waals surface area (Å²) in [6.45, 7) is 1.17. The number of nitrogens with zero attached hydrogens (tertiary/aromatic N) is 2. The van der Waals surface area contributed by atoms with E-state index >= 15 is 0 Å². The van der Waals surface area contributed by atoms with Gasteiger partial charge in [-0.25, -0.2) is 4.39 Å². The first-order valence-electron chi connectivity index (χ1n) is 5.44. The molecule has 1 atom stereocenters. The number of halogens is 2. The molecule has 2 rings (SSSR count). The van der Waals surface area contributed by atoms with Crippen molar-refractivity contribution in [2.75, 3.05) is 18.0 Å². The Labute approximate surface area is 108 Å². The summed E-state index contributed by atoms with van der Waals surface area (Å²) in [6.07, 6.45) is 1.20. The number of piperidine rings is 1. The molecule has 0 radical (unpaired) electrons. The highest BCUT2D eigenvalue weighted by molar-refractivity contribution is 9.10. The molecule has 1 N–H and O–H groups in total. The molecule has 0 aromatic heterocycles. The first-order chi connectivity index (χ1) is 8.13. The lowest BCUT2D eigenvalue weighted by Gasteiger charge is -2.32. The van der Waals surface area contributed by atoms with Crippen molar-refractivity contribution >= 4 is 21.6 Å². The third-order valence-electron chi connectivity index (χ3n) is 2.92. The highest BCUT2D eigenvalue weighted by Crippen LogP contribution is 2.30. The van der Waals surface area contributed by atoms with Crippen molar-refractivity contribution in [1.82, 2.24) is 0 Å². The van der Waals surface area contributed by atoms with Crippen molar-refractivity contribution < 1.29 is 9.50 Å². The molecule has 17 heavy (non-hydrogen) atoms. The molecule has 0 bridgehead atoms. The van der Waals surface area contributed by atoms with E-state index in [1.54, 1.807) is 12.1 Å². The van der Waals surface area contributed by atoms with Gasteiger partial charge in [0.2, 0.25) is 0 Å². The second-order valence-corrected chi connectivity index (χ2v) is 4.91. The van der Waals surface area contributed by atoms with Crippen molar-refractivity contribution in [2.24, 2.45) is 0 Å². The van der Waals surface area contributed by atoms with Gasteiger partial charge in [-0.2, -0.15) is 5.26 Å². The molecule has 3 nitrogen and oxygen atoms in total. The van der Waals surface area contributed by atoms with Crippen LogP contribution in [0.3, 0.4) is 0 Å². The minimum Gasteiger partial charge on any atom is -0.391 e. The fraction of sp³-hybridized carbons (Fsp3) is 0.417. The molecule has 1 aromatic carbocycles. The maximum absolute atomic E-state index is 14.0. The van der Waals surface area contributed by atoms with Gasteiger partial charge in [-0.3, -0.25) is 0 Å². The molecule has 0 amide bonds. The Morgan fingerprint density at radius 3 is 2.94 bits per heavy atom. The van der Waals surface area contributed by atoms with Crippen LogP contribution in [-0.4, -0.2) is 24.3 Å². The average Bonchev–Trinajstić information content (AvgIpc) is 2.32. The molecule has 0 spiro atoms. The van der Waals surface area contributed by atoms with E-state index in [1.807, 2.05) is 11.0 Å². The Balaban J connectivity index is 2.33. The fourth-order valence-electron chi connectivity index (χ4n) is 2.04. The van der Waals surface area contributed by atoms with Crippen molar-refractivity contribution in [3.8, 4) is 6.07 Å². The third-order valence-corrected chi connectivity index (χ3v) is 3.69. The molecule has 1 unspecified atom stereocenters. The lowest BCUT2D eigenvalue weighted by Crippen LogP contribution is -2.38. The molecule has 1 aliphatic rings. The summed E-state index contributed by atoms with van der Waals surface area (Å²) in [4.78, 5) is 1.81. The van der Waals surface area contributed by atoms with Gasteiger partial charge in [0.15, 0.2) is 5.82 Å². The zero-order chi connectivity index (χ0) is 12.4. The normalized spacial score (nSPS) is 20.1. The molecule has 0 aliphatic carbocycles. The zero-order valence-corrected chi connectivity index (χ0v) is 10.7. The number of aliphatic hydroxyl groups excluding tert-OH is 1. The van der Waals surface area contributed by atoms with Crippen molar-refractivity contribution in [3.63, 3.8) is 0 Å². The van der Waals surface area contributed by atoms with E-state index in [0.717, 1.165) is 19.4 Å². The van der Waals surface area contributed by atoms with E-state index < -0.39 is 11.9 Å². The molecule has 0 saturated carbocycles. The Morgan fingerprint density at radius 2 is 2.29 bits per heavy atom. The Hall–Kier alpha value is -1.12. The van der Waals surface area contributed by atoms with Crippen LogP contribution in [0.25, 0.3) is 0 Å². The van der Waals surface area contributed by atoms with Crippen LogP contribution in [0.5, 0.6) is 0 Å². The minimum absolute atomic E-state index is 0.192. The smallest absolute Gasteiger partial charge is 0.161 e. The lowest BCUT2D eigenvalue weighted by atomic mass is 10.1. The van der Waals surface area contributed by atoms with Gasteiger partial charge in [0.1, 0.15) is 6.07 Å². The van der Waals surface area contributed by atoms with Gasteiger partial charge in [-0.15, -0.1) is 0 Å². The van der Waals surface area contributed by atoms with Crippen molar-refractivity contribution in [2.45, 2.75) is 18.9 Å². The molecule has 1 heterocycles. The number of nitriles is 1. The number of hydrogen-bond acceptors (Lipinski definition) is 3. The van der Waals surface area contributed by atoms with Crippen LogP contribution in [0.4, 0.5) is 10.1 Å². The SMILES string of the molecule is N#Cc1ccc(N2CCCC(O)C2)c(F)c1Br. The highest BCUT2D eigenvalue weighted by atomic mass is 79.9. The van der Waals surface area contributed by atoms with E-state index in [2.05, 4.69) is 15.9 Å². The van der Waals surface area contributed by atoms with Crippen LogP contribution in [-0.2, 0) is 0 Å². The molecule has 5 heteroatoms. The van der Waals surface area contributed by atoms with Crippen molar-refractivity contribution in [1.29, 1.82) is 5.26 Å². The van der Waals surface area contributed by atoms with Gasteiger partial charge >= 0.3 is 0 Å². The van der Waals surface area contributed by atoms with E-state index in [4.69, 9.17) is 5.26 Å². The van der Waals surface area contributed by atoms with Crippen molar-refractivity contribution in [3.05, 3.63) is 28.0 Å². The van der Waals surface area contributed by atoms with Crippen LogP contribution >= 0.6 is 15.9 Å². The monoisotopic (exact) mass is 298 g/mol. The summed E-state index contributed by atoms with van der Waals surface area (Å²) in [5.41, 5.74) is 0.721. The topological polar surface area (TPSA) is 47.3 Å². The molecule has 1 aliphatic heterocycles. The summed E-state index contributed by atoms with van der Waals surface area (Å²) in [5.74, 6) is -0.432. The first kappa shape index (κ1) is 12.3. The van der Waals surface area contributed by atoms with Gasteiger partial charge in [-0.05, 0) is 40.9 Å². The molecule has 1 fully saturated rings. The highest BCUT2D eigenvalue weighted by Gasteiger charge is 2.22. The molecular weight excluding hydrogens is 287 g/mol. The second-order valence-electron chi connectivity index (χ2n) is 4.11. The largest absolute Gasteiger partial charge is 0.391 e. The zero-order valence-electron chi connectivity index (χ0n) is 9.16. The van der Waals surface area contributed by atoms with E-state index in [0.29, 0.717) is 12.2 Å². The van der Waals surface area contributed by atoms with E-state index in [9.17, 15) is 9.50 Å². The van der Waals surface area contributed by atoms with Crippen LogP contribution in [0.1, 0.15) is 18.4 Å². The minimum atomic E-state index is -0.432. The van der Waals surface area contributed by atoms with E-state index in [1.165, 1.54) is 0 Å². The van der Waals surface area contributed by atoms with Crippen LogP contribution in [0.2, 0.25) is 0 Å². The summed E-state index contributed by atoms with van der Waals surface area (Å²) in [7, 11) is 0. The summed E-state index contributed by atoms with van der Waals surface area (Å²) >= 11 is 3.09. The number of benzene rings is 1. The molecular formula is C12H12BrFN2O. The molecule has 1 aromatic rings. The predicted octanol–water partition coefficient (Wildman–Crippen LogP) is 2.42.